The second-order valence-corrected chi connectivity index (χ2v) is 7.51. The first-order valence-electron chi connectivity index (χ1n) is 10.4. The highest BCUT2D eigenvalue weighted by Crippen LogP contribution is 2.29. The van der Waals surface area contributed by atoms with E-state index in [1.165, 1.54) is 30.6 Å². The number of nitrogens with one attached hydrogen (secondary N) is 1. The lowest BCUT2D eigenvalue weighted by Crippen LogP contribution is -2.24. The number of hydrogen-bond acceptors (Lipinski definition) is 5. The fourth-order valence-corrected chi connectivity index (χ4v) is 3.35. The number of allylic oxidation sites excluding steroid dienone is 2. The number of alkyl halides is 3. The van der Waals surface area contributed by atoms with Crippen molar-refractivity contribution < 1.29 is 18.3 Å². The van der Waals surface area contributed by atoms with Gasteiger partial charge >= 0.3 is 5.57 Å². The minimum Gasteiger partial charge on any atom is -0.420 e. The Labute approximate surface area is 195 Å². The minimum absolute atomic E-state index is 0.125. The predicted octanol–water partition coefficient (Wildman–Crippen LogP) is 5.38. The molecular weight excluding hydrogens is 450 g/mol. The van der Waals surface area contributed by atoms with Crippen LogP contribution in [0, 0.1) is 0 Å². The molecule has 33 heavy (non-hydrogen) atoms. The summed E-state index contributed by atoms with van der Waals surface area (Å²) in [5.41, 5.74) is 2.64. The molecule has 0 saturated carbocycles. The molecule has 0 spiro atoms. The van der Waals surface area contributed by atoms with Crippen molar-refractivity contribution in [3.63, 3.8) is 0 Å². The molecule has 1 amide bonds. The number of likely N-dealkylation sites (N-methyl/N-ethyl adjacent to an activating group) is 1. The zero-order chi connectivity index (χ0) is 23.8. The zero-order valence-corrected chi connectivity index (χ0v) is 18.9. The monoisotopic (exact) mass is 472 g/mol. The first kappa shape index (κ1) is 24.2. The molecule has 3 rings (SSSR count). The summed E-state index contributed by atoms with van der Waals surface area (Å²) in [6.45, 7) is 5.75. The summed E-state index contributed by atoms with van der Waals surface area (Å²) >= 11 is 4.77. The van der Waals surface area contributed by atoms with Crippen LogP contribution in [-0.4, -0.2) is 39.4 Å². The molecule has 1 heterocycles. The van der Waals surface area contributed by atoms with Gasteiger partial charge in [-0.1, -0.05) is 12.7 Å². The van der Waals surface area contributed by atoms with Gasteiger partial charge in [0.1, 0.15) is 12.1 Å². The number of benzene rings is 1. The van der Waals surface area contributed by atoms with Crippen LogP contribution in [0.3, 0.4) is 0 Å². The van der Waals surface area contributed by atoms with Gasteiger partial charge in [0, 0.05) is 59.5 Å². The number of anilines is 1. The number of nitrogens with zero attached hydrogens (tertiary/aromatic N) is 3. The molecule has 0 aliphatic heterocycles. The maximum Gasteiger partial charge on any atom is 0.487 e. The van der Waals surface area contributed by atoms with Gasteiger partial charge in [-0.15, -0.1) is 8.78 Å². The third-order valence-electron chi connectivity index (χ3n) is 4.71. The lowest BCUT2D eigenvalue weighted by Gasteiger charge is -2.25. The van der Waals surface area contributed by atoms with Crippen molar-refractivity contribution in [3.05, 3.63) is 83.8 Å². The molecule has 2 aromatic rings. The molecule has 0 bridgehead atoms. The fraction of sp³-hybridized carbons (Fsp3) is 0.250. The second kappa shape index (κ2) is 10.9. The number of hydrogen-bond donors (Lipinski definition) is 1. The topological polar surface area (TPSA) is 67.4 Å². The number of amides is 1. The SMILES string of the molecule is CCCN(CC)C1=C=CC=C(C(=O)Nc2ccc(OC(F)(F)Cl)cc2)C=C1c1cncnc1. The lowest BCUT2D eigenvalue weighted by molar-refractivity contribution is -0.112. The van der Waals surface area contributed by atoms with Crippen LogP contribution in [-0.2, 0) is 4.79 Å². The summed E-state index contributed by atoms with van der Waals surface area (Å²) in [4.78, 5) is 23.4. The highest BCUT2D eigenvalue weighted by atomic mass is 35.5. The molecule has 0 atom stereocenters. The van der Waals surface area contributed by atoms with E-state index < -0.39 is 5.57 Å². The van der Waals surface area contributed by atoms with Crippen molar-refractivity contribution in [1.29, 1.82) is 0 Å². The molecule has 9 heteroatoms. The van der Waals surface area contributed by atoms with Crippen LogP contribution in [0.1, 0.15) is 25.8 Å². The molecule has 1 aromatic carbocycles. The summed E-state index contributed by atoms with van der Waals surface area (Å²) < 4.78 is 29.8. The molecule has 0 radical (unpaired) electrons. The summed E-state index contributed by atoms with van der Waals surface area (Å²) in [7, 11) is 0. The van der Waals surface area contributed by atoms with Crippen molar-refractivity contribution >= 4 is 28.8 Å². The average Bonchev–Trinajstić information content (AvgIpc) is 3.01. The number of carbonyl (C=O) groups is 1. The van der Waals surface area contributed by atoms with Crippen LogP contribution in [0.5, 0.6) is 5.75 Å². The zero-order valence-electron chi connectivity index (χ0n) is 18.2. The summed E-state index contributed by atoms with van der Waals surface area (Å²) in [5, 5.41) is 2.75. The lowest BCUT2D eigenvalue weighted by atomic mass is 10.0. The fourth-order valence-electron chi connectivity index (χ4n) is 3.26. The first-order valence-corrected chi connectivity index (χ1v) is 10.7. The Hall–Kier alpha value is -3.48. The van der Waals surface area contributed by atoms with Gasteiger partial charge in [-0.05, 0) is 55.8 Å². The van der Waals surface area contributed by atoms with Crippen molar-refractivity contribution in [2.45, 2.75) is 25.8 Å². The van der Waals surface area contributed by atoms with E-state index in [-0.39, 0.29) is 11.7 Å². The van der Waals surface area contributed by atoms with Crippen LogP contribution in [0.25, 0.3) is 5.57 Å². The number of aromatic nitrogens is 2. The predicted molar refractivity (Wildman–Crippen MR) is 124 cm³/mol. The van der Waals surface area contributed by atoms with Gasteiger partial charge in [-0.3, -0.25) is 4.79 Å². The summed E-state index contributed by atoms with van der Waals surface area (Å²) in [5.74, 6) is -0.501. The molecule has 1 N–H and O–H groups in total. The minimum atomic E-state index is -3.81. The van der Waals surface area contributed by atoms with E-state index in [2.05, 4.69) is 44.5 Å². The van der Waals surface area contributed by atoms with E-state index in [0.717, 1.165) is 36.3 Å². The molecule has 1 aliphatic rings. The Morgan fingerprint density at radius 1 is 1.21 bits per heavy atom. The van der Waals surface area contributed by atoms with E-state index >= 15 is 0 Å². The standard InChI is InChI=1S/C24H23ClF2N4O2/c1-3-12-31(4-2)22-7-5-6-17(13-21(22)18-14-28-16-29-15-18)23(32)30-19-8-10-20(11-9-19)33-24(25,26)27/h5-6,8-11,13-16H,3-4,12H2,1-2H3,(H,30,32). The van der Waals surface area contributed by atoms with Crippen LogP contribution in [0.4, 0.5) is 14.5 Å². The molecule has 0 unspecified atom stereocenters. The Balaban J connectivity index is 1.86. The van der Waals surface area contributed by atoms with E-state index in [1.54, 1.807) is 30.6 Å². The van der Waals surface area contributed by atoms with Crippen molar-refractivity contribution in [2.24, 2.45) is 0 Å². The highest BCUT2D eigenvalue weighted by molar-refractivity contribution is 6.20. The van der Waals surface area contributed by atoms with Crippen LogP contribution in [0.2, 0.25) is 0 Å². The Morgan fingerprint density at radius 2 is 1.91 bits per heavy atom. The highest BCUT2D eigenvalue weighted by Gasteiger charge is 2.27. The summed E-state index contributed by atoms with van der Waals surface area (Å²) in [6, 6.07) is 5.48. The van der Waals surface area contributed by atoms with Crippen LogP contribution < -0.4 is 10.1 Å². The van der Waals surface area contributed by atoms with Gasteiger partial charge in [0.25, 0.3) is 5.91 Å². The second-order valence-electron chi connectivity index (χ2n) is 7.07. The van der Waals surface area contributed by atoms with Gasteiger partial charge in [-0.25, -0.2) is 9.97 Å². The molecule has 0 saturated heterocycles. The largest absolute Gasteiger partial charge is 0.487 e. The normalized spacial score (nSPS) is 13.4. The van der Waals surface area contributed by atoms with Gasteiger partial charge in [0.05, 0.1) is 5.70 Å². The van der Waals surface area contributed by atoms with Crippen molar-refractivity contribution in [2.75, 3.05) is 18.4 Å². The number of ether oxygens (including phenoxy) is 1. The molecule has 6 nitrogen and oxygen atoms in total. The van der Waals surface area contributed by atoms with Crippen LogP contribution in [0.15, 0.2) is 78.2 Å². The van der Waals surface area contributed by atoms with Gasteiger partial charge in [0.15, 0.2) is 0 Å². The van der Waals surface area contributed by atoms with Gasteiger partial charge < -0.3 is 15.0 Å². The Bertz CT molecular complexity index is 1100. The van der Waals surface area contributed by atoms with Crippen molar-refractivity contribution in [3.8, 4) is 5.75 Å². The molecule has 1 aliphatic carbocycles. The van der Waals surface area contributed by atoms with Crippen molar-refractivity contribution in [1.82, 2.24) is 14.9 Å². The third-order valence-corrected chi connectivity index (χ3v) is 4.79. The smallest absolute Gasteiger partial charge is 0.420 e. The number of carbonyl (C=O) groups excluding carboxylic acids is 1. The number of rotatable bonds is 9. The van der Waals surface area contributed by atoms with Gasteiger partial charge in [0.2, 0.25) is 0 Å². The molecule has 1 aromatic heterocycles. The Morgan fingerprint density at radius 3 is 2.52 bits per heavy atom. The summed E-state index contributed by atoms with van der Waals surface area (Å²) in [6.07, 6.45) is 10.9. The third kappa shape index (κ3) is 6.75. The number of halogens is 3. The molecule has 0 fully saturated rings. The van der Waals surface area contributed by atoms with E-state index in [4.69, 9.17) is 11.6 Å². The van der Waals surface area contributed by atoms with Crippen LogP contribution >= 0.6 is 11.6 Å². The van der Waals surface area contributed by atoms with E-state index in [1.807, 2.05) is 0 Å². The van der Waals surface area contributed by atoms with E-state index in [0.29, 0.717) is 11.3 Å². The average molecular weight is 473 g/mol. The quantitative estimate of drug-likeness (QED) is 0.392. The molecule has 172 valence electrons. The Kier molecular flexibility index (Phi) is 7.98. The van der Waals surface area contributed by atoms with Gasteiger partial charge in [-0.2, -0.15) is 0 Å². The van der Waals surface area contributed by atoms with E-state index in [9.17, 15) is 13.6 Å². The molecular formula is C24H23ClF2N4O2. The maximum atomic E-state index is 13.0. The maximum absolute atomic E-state index is 13.0. The first-order chi connectivity index (χ1) is 15.8.